The van der Waals surface area contributed by atoms with Crippen molar-refractivity contribution in [1.29, 1.82) is 0 Å². The zero-order chi connectivity index (χ0) is 17.8. The Bertz CT molecular complexity index is 769. The third-order valence-corrected chi connectivity index (χ3v) is 4.37. The molecular weight excluding hydrogens is 322 g/mol. The summed E-state index contributed by atoms with van der Waals surface area (Å²) in [5, 5.41) is 17.3. The summed E-state index contributed by atoms with van der Waals surface area (Å²) in [4.78, 5) is 26.2. The third kappa shape index (κ3) is 3.86. The number of carbonyl (C=O) groups excluding carboxylic acids is 1. The maximum absolute atomic E-state index is 12.1. The van der Waals surface area contributed by atoms with Gasteiger partial charge in [-0.1, -0.05) is 0 Å². The molecule has 2 N–H and O–H groups in total. The van der Waals surface area contributed by atoms with Crippen LogP contribution in [0.3, 0.4) is 0 Å². The van der Waals surface area contributed by atoms with Crippen LogP contribution in [0.2, 0.25) is 0 Å². The fraction of sp³-hybridized carbons (Fsp3) is 0.562. The van der Waals surface area contributed by atoms with Gasteiger partial charge in [-0.3, -0.25) is 9.59 Å². The first-order valence-corrected chi connectivity index (χ1v) is 8.56. The molecule has 25 heavy (non-hydrogen) atoms. The van der Waals surface area contributed by atoms with E-state index in [-0.39, 0.29) is 29.2 Å². The smallest absolute Gasteiger partial charge is 0.273 e. The van der Waals surface area contributed by atoms with Crippen LogP contribution in [0.4, 0.5) is 5.82 Å². The van der Waals surface area contributed by atoms with E-state index in [9.17, 15) is 9.59 Å². The fourth-order valence-electron chi connectivity index (χ4n) is 3.06. The van der Waals surface area contributed by atoms with Crippen molar-refractivity contribution in [2.75, 3.05) is 18.0 Å². The quantitative estimate of drug-likeness (QED) is 0.827. The van der Waals surface area contributed by atoms with Crippen LogP contribution in [0.25, 0.3) is 0 Å². The van der Waals surface area contributed by atoms with E-state index < -0.39 is 0 Å². The van der Waals surface area contributed by atoms with E-state index in [2.05, 4.69) is 30.7 Å². The Kier molecular flexibility index (Phi) is 5.11. The number of piperidine rings is 1. The number of carbonyl (C=O) groups is 1. The van der Waals surface area contributed by atoms with Gasteiger partial charge < -0.3 is 10.2 Å². The lowest BCUT2D eigenvalue weighted by molar-refractivity contribution is 0.0944. The highest BCUT2D eigenvalue weighted by Gasteiger charge is 2.25. The number of hydrogen-bond donors (Lipinski definition) is 2. The molecule has 1 aliphatic rings. The number of nitrogens with one attached hydrogen (secondary N) is 2. The molecule has 1 aliphatic heterocycles. The van der Waals surface area contributed by atoms with E-state index >= 15 is 0 Å². The van der Waals surface area contributed by atoms with Crippen molar-refractivity contribution in [2.45, 2.75) is 45.2 Å². The molecule has 1 amide bonds. The normalized spacial score (nSPS) is 17.7. The Hall–Kier alpha value is -2.71. The van der Waals surface area contributed by atoms with E-state index in [1.165, 1.54) is 10.9 Å². The lowest BCUT2D eigenvalue weighted by atomic mass is 10.0. The van der Waals surface area contributed by atoms with Crippen molar-refractivity contribution >= 4 is 11.7 Å². The molecule has 0 aliphatic carbocycles. The van der Waals surface area contributed by atoms with Crippen molar-refractivity contribution in [1.82, 2.24) is 30.5 Å². The van der Waals surface area contributed by atoms with Crippen LogP contribution in [-0.2, 0) is 0 Å². The predicted molar refractivity (Wildman–Crippen MR) is 92.6 cm³/mol. The van der Waals surface area contributed by atoms with Gasteiger partial charge in [-0.2, -0.15) is 20.5 Å². The van der Waals surface area contributed by atoms with Crippen molar-refractivity contribution in [2.24, 2.45) is 0 Å². The molecule has 1 unspecified atom stereocenters. The molecule has 0 spiro atoms. The molecule has 3 rings (SSSR count). The highest BCUT2D eigenvalue weighted by atomic mass is 16.2. The largest absolute Gasteiger partial charge is 0.350 e. The lowest BCUT2D eigenvalue weighted by Crippen LogP contribution is -2.47. The second-order valence-corrected chi connectivity index (χ2v) is 6.48. The van der Waals surface area contributed by atoms with Crippen LogP contribution >= 0.6 is 0 Å². The van der Waals surface area contributed by atoms with Crippen molar-refractivity contribution < 1.29 is 4.79 Å². The van der Waals surface area contributed by atoms with Crippen molar-refractivity contribution in [3.05, 3.63) is 34.4 Å². The number of nitrogens with zero attached hydrogens (tertiary/aromatic N) is 5. The molecule has 2 aromatic heterocycles. The molecule has 1 fully saturated rings. The fourth-order valence-corrected chi connectivity index (χ4v) is 3.06. The third-order valence-electron chi connectivity index (χ3n) is 4.37. The number of anilines is 1. The molecule has 134 valence electrons. The summed E-state index contributed by atoms with van der Waals surface area (Å²) in [5.74, 6) is 0.521. The minimum Gasteiger partial charge on any atom is -0.350 e. The zero-order valence-corrected chi connectivity index (χ0v) is 14.5. The van der Waals surface area contributed by atoms with Crippen molar-refractivity contribution in [3.63, 3.8) is 0 Å². The number of hydrogen-bond acceptors (Lipinski definition) is 6. The Morgan fingerprint density at radius 1 is 1.40 bits per heavy atom. The molecular formula is C16H23N7O2. The van der Waals surface area contributed by atoms with Gasteiger partial charge in [0, 0.05) is 25.2 Å². The van der Waals surface area contributed by atoms with Crippen LogP contribution in [0, 0.1) is 0 Å². The van der Waals surface area contributed by atoms with Gasteiger partial charge in [-0.15, -0.1) is 0 Å². The summed E-state index contributed by atoms with van der Waals surface area (Å²) < 4.78 is 1.50. The van der Waals surface area contributed by atoms with Crippen LogP contribution in [0.15, 0.2) is 23.1 Å². The summed E-state index contributed by atoms with van der Waals surface area (Å²) in [6.45, 7) is 5.22. The average molecular weight is 345 g/mol. The molecule has 2 aromatic rings. The molecule has 0 saturated carbocycles. The summed E-state index contributed by atoms with van der Waals surface area (Å²) in [5.41, 5.74) is 0.167. The van der Waals surface area contributed by atoms with E-state index in [4.69, 9.17) is 0 Å². The maximum Gasteiger partial charge on any atom is 0.273 e. The summed E-state index contributed by atoms with van der Waals surface area (Å²) in [6, 6.07) is 3.46. The standard InChI is InChI=1S/C16H23N7O2/c1-11(2)23-15(24)7-6-14(20-23)22-8-4-3-5-12(22)9-17-16(25)13-10-18-21-19-13/h6-7,10-12H,3-5,8-9H2,1-2H3,(H,17,25)(H,18,19,21). The highest BCUT2D eigenvalue weighted by Crippen LogP contribution is 2.22. The van der Waals surface area contributed by atoms with Gasteiger partial charge in [-0.25, -0.2) is 4.68 Å². The molecule has 3 heterocycles. The summed E-state index contributed by atoms with van der Waals surface area (Å²) >= 11 is 0. The highest BCUT2D eigenvalue weighted by molar-refractivity contribution is 5.91. The van der Waals surface area contributed by atoms with Crippen LogP contribution in [-0.4, -0.2) is 50.2 Å². The van der Waals surface area contributed by atoms with E-state index in [1.54, 1.807) is 12.1 Å². The number of amides is 1. The Labute approximate surface area is 145 Å². The average Bonchev–Trinajstić information content (AvgIpc) is 3.15. The van der Waals surface area contributed by atoms with Gasteiger partial charge in [-0.05, 0) is 39.2 Å². The van der Waals surface area contributed by atoms with E-state index in [0.717, 1.165) is 31.6 Å². The lowest BCUT2D eigenvalue weighted by Gasteiger charge is -2.36. The molecule has 1 atom stereocenters. The van der Waals surface area contributed by atoms with Gasteiger partial charge in [0.25, 0.3) is 11.5 Å². The molecule has 0 aromatic carbocycles. The number of aromatic nitrogens is 5. The number of rotatable bonds is 5. The van der Waals surface area contributed by atoms with Gasteiger partial charge in [0.05, 0.1) is 12.2 Å². The van der Waals surface area contributed by atoms with Gasteiger partial charge in [0.2, 0.25) is 0 Å². The first-order chi connectivity index (χ1) is 12.1. The maximum atomic E-state index is 12.1. The van der Waals surface area contributed by atoms with E-state index in [0.29, 0.717) is 6.54 Å². The topological polar surface area (TPSA) is 109 Å². The molecule has 9 heteroatoms. The second kappa shape index (κ2) is 7.45. The minimum atomic E-state index is -0.251. The van der Waals surface area contributed by atoms with Gasteiger partial charge >= 0.3 is 0 Å². The Morgan fingerprint density at radius 2 is 2.24 bits per heavy atom. The Morgan fingerprint density at radius 3 is 2.96 bits per heavy atom. The molecule has 9 nitrogen and oxygen atoms in total. The van der Waals surface area contributed by atoms with Crippen LogP contribution < -0.4 is 15.8 Å². The first-order valence-electron chi connectivity index (χ1n) is 8.56. The Balaban J connectivity index is 1.74. The van der Waals surface area contributed by atoms with Crippen molar-refractivity contribution in [3.8, 4) is 0 Å². The molecule has 1 saturated heterocycles. The zero-order valence-electron chi connectivity index (χ0n) is 14.5. The molecule has 0 bridgehead atoms. The monoisotopic (exact) mass is 345 g/mol. The molecule has 0 radical (unpaired) electrons. The summed E-state index contributed by atoms with van der Waals surface area (Å²) in [7, 11) is 0. The number of H-pyrrole nitrogens is 1. The van der Waals surface area contributed by atoms with Gasteiger partial charge in [0.15, 0.2) is 5.69 Å². The SMILES string of the molecule is CC(C)n1nc(N2CCCCC2CNC(=O)c2cn[nH]n2)ccc1=O. The minimum absolute atomic E-state index is 0.00237. The van der Waals surface area contributed by atoms with Crippen LogP contribution in [0.1, 0.15) is 49.6 Å². The van der Waals surface area contributed by atoms with Gasteiger partial charge in [0.1, 0.15) is 5.82 Å². The second-order valence-electron chi connectivity index (χ2n) is 6.48. The van der Waals surface area contributed by atoms with E-state index in [1.807, 2.05) is 13.8 Å². The summed E-state index contributed by atoms with van der Waals surface area (Å²) in [6.07, 6.45) is 4.52. The first kappa shape index (κ1) is 17.1. The van der Waals surface area contributed by atoms with Crippen LogP contribution in [0.5, 0.6) is 0 Å². The number of aromatic amines is 1. The predicted octanol–water partition coefficient (Wildman–Crippen LogP) is 0.731.